The molecule has 4 heteroatoms. The van der Waals surface area contributed by atoms with E-state index in [-0.39, 0.29) is 17.3 Å². The minimum atomic E-state index is -0.855. The van der Waals surface area contributed by atoms with E-state index in [1.54, 1.807) is 0 Å². The van der Waals surface area contributed by atoms with Crippen LogP contribution in [0.15, 0.2) is 11.3 Å². The summed E-state index contributed by atoms with van der Waals surface area (Å²) in [6, 6.07) is 0. The number of rotatable bonds is 3. The lowest BCUT2D eigenvalue weighted by molar-refractivity contribution is -0.139. The fourth-order valence-electron chi connectivity index (χ4n) is 1.02. The van der Waals surface area contributed by atoms with Crippen molar-refractivity contribution in [1.82, 2.24) is 0 Å². The van der Waals surface area contributed by atoms with Crippen LogP contribution in [0.2, 0.25) is 0 Å². The van der Waals surface area contributed by atoms with E-state index in [0.29, 0.717) is 0 Å². The Morgan fingerprint density at radius 1 is 1.38 bits per heavy atom. The first-order chi connectivity index (χ1) is 6.07. The molecule has 4 nitrogen and oxygen atoms in total. The number of hydrogen-bond acceptors (Lipinski definition) is 4. The summed E-state index contributed by atoms with van der Waals surface area (Å²) in [5, 5.41) is 9.22. The van der Waals surface area contributed by atoms with Crippen LogP contribution in [-0.2, 0) is 14.3 Å². The molecule has 1 fully saturated rings. The zero-order valence-corrected chi connectivity index (χ0v) is 7.66. The van der Waals surface area contributed by atoms with Gasteiger partial charge in [-0.3, -0.25) is 4.79 Å². The molecule has 0 bridgehead atoms. The van der Waals surface area contributed by atoms with E-state index in [2.05, 4.69) is 4.74 Å². The number of esters is 1. The summed E-state index contributed by atoms with van der Waals surface area (Å²) < 4.78 is 4.28. The molecule has 0 atom stereocenters. The molecule has 0 amide bonds. The van der Waals surface area contributed by atoms with E-state index in [9.17, 15) is 14.7 Å². The monoisotopic (exact) mass is 184 g/mol. The predicted octanol–water partition coefficient (Wildman–Crippen LogP) is 0.970. The number of carbonyl (C=O) groups is 2. The first-order valence-corrected chi connectivity index (χ1v) is 4.10. The van der Waals surface area contributed by atoms with Crippen molar-refractivity contribution in [2.45, 2.75) is 19.8 Å². The van der Waals surface area contributed by atoms with Gasteiger partial charge in [0.15, 0.2) is 5.78 Å². The highest BCUT2D eigenvalue weighted by Crippen LogP contribution is 2.32. The normalized spacial score (nSPS) is 17.7. The molecule has 0 unspecified atom stereocenters. The van der Waals surface area contributed by atoms with Crippen LogP contribution in [0.1, 0.15) is 19.8 Å². The van der Waals surface area contributed by atoms with Crippen LogP contribution < -0.4 is 0 Å². The second kappa shape index (κ2) is 3.60. The summed E-state index contributed by atoms with van der Waals surface area (Å²) in [5.41, 5.74) is 0.106. The minimum absolute atomic E-state index is 0.00630. The third-order valence-electron chi connectivity index (χ3n) is 2.05. The summed E-state index contributed by atoms with van der Waals surface area (Å²) >= 11 is 0. The van der Waals surface area contributed by atoms with Crippen LogP contribution in [-0.4, -0.2) is 24.0 Å². The molecule has 0 heterocycles. The maximum atomic E-state index is 11.3. The van der Waals surface area contributed by atoms with Gasteiger partial charge in [0.05, 0.1) is 7.11 Å². The largest absolute Gasteiger partial charge is 0.502 e. The Hall–Kier alpha value is -1.32. The van der Waals surface area contributed by atoms with Crippen LogP contribution >= 0.6 is 0 Å². The Labute approximate surface area is 76.2 Å². The molecule has 1 N–H and O–H groups in total. The van der Waals surface area contributed by atoms with E-state index < -0.39 is 11.7 Å². The molecular weight excluding hydrogens is 172 g/mol. The Morgan fingerprint density at radius 2 is 1.92 bits per heavy atom. The van der Waals surface area contributed by atoms with Gasteiger partial charge in [0, 0.05) is 11.5 Å². The summed E-state index contributed by atoms with van der Waals surface area (Å²) in [6.45, 7) is 1.44. The average Bonchev–Trinajstić information content (AvgIpc) is 2.96. The predicted molar refractivity (Wildman–Crippen MR) is 45.1 cm³/mol. The molecule has 1 aliphatic carbocycles. The van der Waals surface area contributed by atoms with Gasteiger partial charge in [0.1, 0.15) is 0 Å². The number of aliphatic hydroxyl groups excluding tert-OH is 1. The van der Waals surface area contributed by atoms with Gasteiger partial charge >= 0.3 is 5.97 Å². The summed E-state index contributed by atoms with van der Waals surface area (Å²) in [5.74, 6) is -1.57. The number of allylic oxidation sites excluding steroid dienone is 1. The molecule has 0 aromatic rings. The fraction of sp³-hybridized carbons (Fsp3) is 0.556. The van der Waals surface area contributed by atoms with Crippen molar-refractivity contribution in [3.05, 3.63) is 11.3 Å². The van der Waals surface area contributed by atoms with Gasteiger partial charge in [-0.05, 0) is 19.8 Å². The van der Waals surface area contributed by atoms with E-state index in [1.165, 1.54) is 6.92 Å². The number of hydrogen-bond donors (Lipinski definition) is 1. The topological polar surface area (TPSA) is 63.6 Å². The van der Waals surface area contributed by atoms with Gasteiger partial charge in [-0.25, -0.2) is 4.79 Å². The molecule has 13 heavy (non-hydrogen) atoms. The fourth-order valence-corrected chi connectivity index (χ4v) is 1.02. The molecule has 0 radical (unpaired) electrons. The SMILES string of the molecule is COC(=O)C(O)=C(C)C(=O)C1CC1. The average molecular weight is 184 g/mol. The van der Waals surface area contributed by atoms with Crippen LogP contribution in [0.3, 0.4) is 0 Å². The van der Waals surface area contributed by atoms with Gasteiger partial charge in [0.25, 0.3) is 0 Å². The van der Waals surface area contributed by atoms with Crippen molar-refractivity contribution in [3.63, 3.8) is 0 Å². The van der Waals surface area contributed by atoms with Gasteiger partial charge in [-0.1, -0.05) is 0 Å². The lowest BCUT2D eigenvalue weighted by Crippen LogP contribution is -2.12. The maximum Gasteiger partial charge on any atom is 0.373 e. The number of ketones is 1. The molecule has 1 aliphatic rings. The van der Waals surface area contributed by atoms with E-state index in [4.69, 9.17) is 0 Å². The number of carbonyl (C=O) groups excluding carboxylic acids is 2. The van der Waals surface area contributed by atoms with Crippen molar-refractivity contribution in [2.24, 2.45) is 5.92 Å². The molecular formula is C9H12O4. The number of ether oxygens (including phenoxy) is 1. The molecule has 1 saturated carbocycles. The van der Waals surface area contributed by atoms with Crippen LogP contribution in [0.5, 0.6) is 0 Å². The Kier molecular flexibility index (Phi) is 2.70. The Bertz CT molecular complexity index is 273. The Balaban J connectivity index is 2.76. The highest BCUT2D eigenvalue weighted by atomic mass is 16.5. The standard InChI is InChI=1S/C9H12O4/c1-5(7(10)6-3-4-6)8(11)9(12)13-2/h6,11H,3-4H2,1-2H3. The zero-order chi connectivity index (χ0) is 10.0. The smallest absolute Gasteiger partial charge is 0.373 e. The summed E-state index contributed by atoms with van der Waals surface area (Å²) in [6.07, 6.45) is 1.70. The van der Waals surface area contributed by atoms with Crippen molar-refractivity contribution in [3.8, 4) is 0 Å². The van der Waals surface area contributed by atoms with Gasteiger partial charge in [-0.2, -0.15) is 0 Å². The van der Waals surface area contributed by atoms with Crippen molar-refractivity contribution < 1.29 is 19.4 Å². The quantitative estimate of drug-likeness (QED) is 0.403. The molecule has 1 rings (SSSR count). The lowest BCUT2D eigenvalue weighted by atomic mass is 10.1. The van der Waals surface area contributed by atoms with Crippen molar-refractivity contribution >= 4 is 11.8 Å². The first kappa shape index (κ1) is 9.77. The summed E-state index contributed by atoms with van der Waals surface area (Å²) in [4.78, 5) is 22.2. The third kappa shape index (κ3) is 2.08. The second-order valence-corrected chi connectivity index (χ2v) is 3.10. The van der Waals surface area contributed by atoms with E-state index >= 15 is 0 Å². The van der Waals surface area contributed by atoms with Crippen LogP contribution in [0.25, 0.3) is 0 Å². The van der Waals surface area contributed by atoms with Gasteiger partial charge < -0.3 is 9.84 Å². The summed E-state index contributed by atoms with van der Waals surface area (Å²) in [7, 11) is 1.16. The number of aliphatic hydroxyl groups is 1. The molecule has 0 spiro atoms. The van der Waals surface area contributed by atoms with Crippen LogP contribution in [0.4, 0.5) is 0 Å². The van der Waals surface area contributed by atoms with Crippen molar-refractivity contribution in [1.29, 1.82) is 0 Å². The number of Topliss-reactive ketones (excluding diaryl/α,β-unsaturated/α-hetero) is 1. The van der Waals surface area contributed by atoms with Crippen molar-refractivity contribution in [2.75, 3.05) is 7.11 Å². The van der Waals surface area contributed by atoms with Gasteiger partial charge in [-0.15, -0.1) is 0 Å². The first-order valence-electron chi connectivity index (χ1n) is 4.10. The Morgan fingerprint density at radius 3 is 2.31 bits per heavy atom. The van der Waals surface area contributed by atoms with Crippen LogP contribution in [0, 0.1) is 5.92 Å². The molecule has 0 aromatic heterocycles. The molecule has 0 aliphatic heterocycles. The highest BCUT2D eigenvalue weighted by Gasteiger charge is 2.32. The zero-order valence-electron chi connectivity index (χ0n) is 7.66. The van der Waals surface area contributed by atoms with Gasteiger partial charge in [0.2, 0.25) is 5.76 Å². The number of methoxy groups -OCH3 is 1. The minimum Gasteiger partial charge on any atom is -0.502 e. The molecule has 0 aromatic carbocycles. The van der Waals surface area contributed by atoms with E-state index in [1.807, 2.05) is 0 Å². The van der Waals surface area contributed by atoms with E-state index in [0.717, 1.165) is 20.0 Å². The maximum absolute atomic E-state index is 11.3. The second-order valence-electron chi connectivity index (χ2n) is 3.10. The third-order valence-corrected chi connectivity index (χ3v) is 2.05. The highest BCUT2D eigenvalue weighted by molar-refractivity contribution is 6.04. The molecule has 72 valence electrons. The molecule has 0 saturated heterocycles. The lowest BCUT2D eigenvalue weighted by Gasteiger charge is -2.02.